The highest BCUT2D eigenvalue weighted by Gasteiger charge is 2.30. The first-order valence-corrected chi connectivity index (χ1v) is 12.3. The lowest BCUT2D eigenvalue weighted by molar-refractivity contribution is 0.0696. The maximum Gasteiger partial charge on any atom is 0.335 e. The van der Waals surface area contributed by atoms with Crippen LogP contribution in [0.1, 0.15) is 31.8 Å². The van der Waals surface area contributed by atoms with Gasteiger partial charge in [0.2, 0.25) is 0 Å². The number of allylic oxidation sites excluding steroid dienone is 1. The van der Waals surface area contributed by atoms with Gasteiger partial charge in [0.1, 0.15) is 0 Å². The van der Waals surface area contributed by atoms with E-state index in [1.807, 2.05) is 55.4 Å². The minimum absolute atomic E-state index is 0.0181. The fraction of sp³-hybridized carbons (Fsp3) is 0.0968. The monoisotopic (exact) mass is 518 g/mol. The number of hydrogen-bond donors (Lipinski definition) is 1. The highest BCUT2D eigenvalue weighted by molar-refractivity contribution is 6.08. The van der Waals surface area contributed by atoms with Gasteiger partial charge in [0.15, 0.2) is 5.49 Å². The Morgan fingerprint density at radius 2 is 1.62 bits per heavy atom. The zero-order chi connectivity index (χ0) is 27.7. The molecule has 194 valence electrons. The van der Waals surface area contributed by atoms with E-state index in [9.17, 15) is 19.5 Å². The molecule has 0 spiro atoms. The third-order valence-corrected chi connectivity index (χ3v) is 6.56. The highest BCUT2D eigenvalue weighted by Crippen LogP contribution is 2.20. The minimum Gasteiger partial charge on any atom is -0.478 e. The summed E-state index contributed by atoms with van der Waals surface area (Å²) in [5.74, 6) is -1.49. The van der Waals surface area contributed by atoms with E-state index in [0.29, 0.717) is 22.2 Å². The zero-order valence-electron chi connectivity index (χ0n) is 21.7. The number of nitrogens with zero attached hydrogens (tertiary/aromatic N) is 4. The summed E-state index contributed by atoms with van der Waals surface area (Å²) in [6.45, 7) is 1.73. The van der Waals surface area contributed by atoms with Gasteiger partial charge in [-0.1, -0.05) is 48.6 Å². The molecule has 2 heterocycles. The topological polar surface area (TPSA) is 95.2 Å². The smallest absolute Gasteiger partial charge is 0.335 e. The van der Waals surface area contributed by atoms with E-state index in [1.165, 1.54) is 21.7 Å². The molecule has 0 saturated carbocycles. The number of carbonyl (C=O) groups excluding carboxylic acids is 1. The molecule has 0 bridgehead atoms. The summed E-state index contributed by atoms with van der Waals surface area (Å²) in [6.07, 6.45) is 5.32. The number of amides is 1. The normalized spacial score (nSPS) is 13.1. The summed E-state index contributed by atoms with van der Waals surface area (Å²) in [7, 11) is 3.94. The van der Waals surface area contributed by atoms with Gasteiger partial charge >= 0.3 is 5.97 Å². The molecule has 39 heavy (non-hydrogen) atoms. The maximum atomic E-state index is 13.9. The molecule has 0 fully saturated rings. The van der Waals surface area contributed by atoms with Crippen molar-refractivity contribution in [2.75, 3.05) is 24.0 Å². The van der Waals surface area contributed by atoms with Gasteiger partial charge in [-0.15, -0.1) is 5.10 Å². The van der Waals surface area contributed by atoms with E-state index < -0.39 is 11.5 Å². The Kier molecular flexibility index (Phi) is 6.68. The molecule has 4 aromatic rings. The van der Waals surface area contributed by atoms with Crippen LogP contribution in [0, 0.1) is 6.92 Å². The predicted octanol–water partition coefficient (Wildman–Crippen LogP) is 3.60. The number of aromatic carboxylic acids is 1. The van der Waals surface area contributed by atoms with Gasteiger partial charge in [-0.25, -0.2) is 4.79 Å². The van der Waals surface area contributed by atoms with Gasteiger partial charge in [0.25, 0.3) is 11.5 Å². The molecule has 8 nitrogen and oxygen atoms in total. The molecule has 0 radical (unpaired) electrons. The van der Waals surface area contributed by atoms with Crippen LogP contribution in [0.2, 0.25) is 0 Å². The quantitative estimate of drug-likeness (QED) is 0.421. The summed E-state index contributed by atoms with van der Waals surface area (Å²) in [5, 5.41) is 15.6. The van der Waals surface area contributed by atoms with Crippen LogP contribution >= 0.6 is 0 Å². The van der Waals surface area contributed by atoms with Gasteiger partial charge in [0.05, 0.1) is 22.5 Å². The second-order valence-corrected chi connectivity index (χ2v) is 9.30. The van der Waals surface area contributed by atoms with Crippen molar-refractivity contribution in [2.45, 2.75) is 6.92 Å². The number of carbonyl (C=O) groups is 2. The average molecular weight is 519 g/mol. The summed E-state index contributed by atoms with van der Waals surface area (Å²) in [6, 6.07) is 22.9. The van der Waals surface area contributed by atoms with Crippen molar-refractivity contribution in [3.63, 3.8) is 0 Å². The van der Waals surface area contributed by atoms with Crippen LogP contribution in [-0.4, -0.2) is 35.6 Å². The number of benzene rings is 3. The van der Waals surface area contributed by atoms with Crippen molar-refractivity contribution < 1.29 is 14.7 Å². The van der Waals surface area contributed by atoms with Crippen molar-refractivity contribution in [3.05, 3.63) is 128 Å². The predicted molar refractivity (Wildman–Crippen MR) is 152 cm³/mol. The van der Waals surface area contributed by atoms with Crippen molar-refractivity contribution in [1.29, 1.82) is 0 Å². The van der Waals surface area contributed by atoms with E-state index in [0.717, 1.165) is 11.3 Å². The van der Waals surface area contributed by atoms with Gasteiger partial charge in [-0.05, 0) is 66.6 Å². The van der Waals surface area contributed by atoms with Gasteiger partial charge in [-0.3, -0.25) is 14.2 Å². The molecule has 0 saturated heterocycles. The van der Waals surface area contributed by atoms with E-state index in [4.69, 9.17) is 0 Å². The van der Waals surface area contributed by atoms with Crippen molar-refractivity contribution in [3.8, 4) is 5.69 Å². The second kappa shape index (κ2) is 10.3. The third kappa shape index (κ3) is 4.75. The van der Waals surface area contributed by atoms with Crippen molar-refractivity contribution in [1.82, 2.24) is 4.57 Å². The molecular weight excluding hydrogens is 492 g/mol. The molecule has 0 aliphatic carbocycles. The summed E-state index contributed by atoms with van der Waals surface area (Å²) in [4.78, 5) is 41.2. The van der Waals surface area contributed by atoms with E-state index >= 15 is 0 Å². The number of hydrogen-bond acceptors (Lipinski definition) is 5. The van der Waals surface area contributed by atoms with Crippen LogP contribution in [0.4, 0.5) is 11.4 Å². The Labute approximate surface area is 224 Å². The Balaban J connectivity index is 1.71. The van der Waals surface area contributed by atoms with Crippen LogP contribution in [0.25, 0.3) is 17.8 Å². The molecule has 1 aliphatic rings. The molecule has 1 amide bonds. The molecule has 5 rings (SSSR count). The van der Waals surface area contributed by atoms with Crippen LogP contribution < -0.4 is 26.2 Å². The molecule has 1 N–H and O–H groups in total. The van der Waals surface area contributed by atoms with Crippen LogP contribution in [0.5, 0.6) is 0 Å². The summed E-state index contributed by atoms with van der Waals surface area (Å²) < 4.78 is 1.31. The number of anilines is 2. The summed E-state index contributed by atoms with van der Waals surface area (Å²) >= 11 is 0. The van der Waals surface area contributed by atoms with E-state index in [2.05, 4.69) is 5.10 Å². The van der Waals surface area contributed by atoms with Crippen molar-refractivity contribution >= 4 is 35.4 Å². The number of fused-ring (bicyclic) bond motifs is 1. The fourth-order valence-electron chi connectivity index (χ4n) is 4.49. The molecule has 0 atom stereocenters. The SMILES string of the molecule is Cc1c2c(n(-c3cccc(C(=O)O)c3)c(=O)/c1=C\C=Cc1ccc(N(C)C)cc1)=NN(c1ccccc1)C2=O. The van der Waals surface area contributed by atoms with Gasteiger partial charge < -0.3 is 10.0 Å². The number of carboxylic acids is 1. The molecule has 1 aliphatic heterocycles. The standard InChI is InChI=1S/C31H26N4O4/c1-20-26(14-7-9-21-15-17-23(18-16-21)33(2)3)29(36)34(25-13-8-10-22(19-25)31(38)39)28-27(20)30(37)35(32-28)24-11-5-4-6-12-24/h4-19H,1-3H3,(H,38,39)/b9-7?,26-14-. The molecular formula is C31H26N4O4. The van der Waals surface area contributed by atoms with Crippen LogP contribution in [0.15, 0.2) is 94.8 Å². The van der Waals surface area contributed by atoms with E-state index in [1.54, 1.807) is 55.5 Å². The minimum atomic E-state index is -1.12. The Hall–Kier alpha value is -5.24. The molecule has 0 unspecified atom stereocenters. The van der Waals surface area contributed by atoms with Gasteiger partial charge in [0, 0.05) is 25.0 Å². The third-order valence-electron chi connectivity index (χ3n) is 6.56. The lowest BCUT2D eigenvalue weighted by Gasteiger charge is -2.12. The first-order valence-electron chi connectivity index (χ1n) is 12.3. The maximum absolute atomic E-state index is 13.9. The molecule has 1 aromatic heterocycles. The second-order valence-electron chi connectivity index (χ2n) is 9.30. The lowest BCUT2D eigenvalue weighted by Crippen LogP contribution is -2.45. The van der Waals surface area contributed by atoms with Crippen LogP contribution in [0.3, 0.4) is 0 Å². The number of pyridine rings is 1. The molecule has 3 aromatic carbocycles. The highest BCUT2D eigenvalue weighted by atomic mass is 16.4. The fourth-order valence-corrected chi connectivity index (χ4v) is 4.49. The van der Waals surface area contributed by atoms with Crippen molar-refractivity contribution in [2.24, 2.45) is 5.10 Å². The summed E-state index contributed by atoms with van der Waals surface area (Å²) in [5.41, 5.74) is 3.44. The van der Waals surface area contributed by atoms with Gasteiger partial charge in [-0.2, -0.15) is 5.01 Å². The largest absolute Gasteiger partial charge is 0.478 e. The molecule has 8 heteroatoms. The Morgan fingerprint density at radius 3 is 2.28 bits per heavy atom. The number of para-hydroxylation sites is 1. The number of aromatic nitrogens is 1. The Bertz CT molecular complexity index is 1800. The average Bonchev–Trinajstić information content (AvgIpc) is 3.28. The first-order chi connectivity index (χ1) is 18.8. The van der Waals surface area contributed by atoms with E-state index in [-0.39, 0.29) is 22.5 Å². The number of rotatable bonds is 6. The first kappa shape index (κ1) is 25.4. The number of carboxylic acid groups (broad SMARTS) is 1. The van der Waals surface area contributed by atoms with Crippen LogP contribution in [-0.2, 0) is 0 Å². The Morgan fingerprint density at radius 1 is 0.923 bits per heavy atom. The lowest BCUT2D eigenvalue weighted by atomic mass is 10.1. The zero-order valence-corrected chi connectivity index (χ0v) is 21.7.